The van der Waals surface area contributed by atoms with Gasteiger partial charge in [-0.3, -0.25) is 9.80 Å². The van der Waals surface area contributed by atoms with Gasteiger partial charge < -0.3 is 0 Å². The molecule has 5 rings (SSSR count). The van der Waals surface area contributed by atoms with Crippen LogP contribution in [0.1, 0.15) is 48.1 Å². The number of hydrogen-bond acceptors (Lipinski definition) is 3. The summed E-state index contributed by atoms with van der Waals surface area (Å²) >= 11 is 1.70. The Morgan fingerprint density at radius 2 is 1.58 bits per heavy atom. The van der Waals surface area contributed by atoms with Gasteiger partial charge in [-0.2, -0.15) is 0 Å². The fraction of sp³-hybridized carbons (Fsp3) is 0.357. The van der Waals surface area contributed by atoms with Crippen LogP contribution in [0.4, 0.5) is 8.78 Å². The molecule has 33 heavy (non-hydrogen) atoms. The highest BCUT2D eigenvalue weighted by Crippen LogP contribution is 2.44. The number of benzene rings is 3. The fourth-order valence-electron chi connectivity index (χ4n) is 4.92. The van der Waals surface area contributed by atoms with Gasteiger partial charge in [0.1, 0.15) is 11.6 Å². The monoisotopic (exact) mass is 464 g/mol. The molecule has 172 valence electrons. The van der Waals surface area contributed by atoms with Crippen molar-refractivity contribution in [2.45, 2.75) is 48.6 Å². The quantitative estimate of drug-likeness (QED) is 0.427. The third-order valence-corrected chi connectivity index (χ3v) is 8.08. The maximum absolute atomic E-state index is 14.0. The predicted octanol–water partition coefficient (Wildman–Crippen LogP) is 6.65. The van der Waals surface area contributed by atoms with Gasteiger partial charge in [0.25, 0.3) is 0 Å². The van der Waals surface area contributed by atoms with Gasteiger partial charge in [-0.15, -0.1) is 0 Å². The summed E-state index contributed by atoms with van der Waals surface area (Å²) in [5.74, 6) is 0.112. The lowest BCUT2D eigenvalue weighted by molar-refractivity contribution is 0.0902. The van der Waals surface area contributed by atoms with Crippen LogP contribution < -0.4 is 0 Å². The molecule has 2 nitrogen and oxygen atoms in total. The summed E-state index contributed by atoms with van der Waals surface area (Å²) in [5, 5.41) is 0. The predicted molar refractivity (Wildman–Crippen MR) is 131 cm³/mol. The zero-order valence-electron chi connectivity index (χ0n) is 19.2. The zero-order chi connectivity index (χ0) is 22.9. The normalized spacial score (nSPS) is 19.2. The van der Waals surface area contributed by atoms with E-state index in [9.17, 15) is 8.78 Å². The first-order chi connectivity index (χ1) is 16.0. The molecule has 2 aliphatic rings. The Bertz CT molecular complexity index is 1120. The van der Waals surface area contributed by atoms with Crippen molar-refractivity contribution >= 4 is 11.8 Å². The average molecular weight is 465 g/mol. The van der Waals surface area contributed by atoms with Gasteiger partial charge in [0.15, 0.2) is 0 Å². The molecule has 1 saturated heterocycles. The lowest BCUT2D eigenvalue weighted by atomic mass is 9.93. The molecule has 0 unspecified atom stereocenters. The van der Waals surface area contributed by atoms with Crippen molar-refractivity contribution in [3.63, 3.8) is 0 Å². The first-order valence-electron chi connectivity index (χ1n) is 11.8. The van der Waals surface area contributed by atoms with Gasteiger partial charge >= 0.3 is 0 Å². The fourth-order valence-corrected chi connectivity index (χ4v) is 6.05. The lowest BCUT2D eigenvalue weighted by Crippen LogP contribution is -2.47. The van der Waals surface area contributed by atoms with E-state index in [4.69, 9.17) is 0 Å². The molecule has 0 aliphatic carbocycles. The molecule has 0 spiro atoms. The number of piperazine rings is 1. The van der Waals surface area contributed by atoms with Crippen LogP contribution >= 0.6 is 11.8 Å². The number of rotatable bonds is 4. The smallest absolute Gasteiger partial charge is 0.124 e. The third-order valence-electron chi connectivity index (χ3n) is 6.89. The van der Waals surface area contributed by atoms with E-state index in [1.165, 1.54) is 33.7 Å². The van der Waals surface area contributed by atoms with Crippen molar-refractivity contribution in [2.75, 3.05) is 26.2 Å². The van der Waals surface area contributed by atoms with Crippen molar-refractivity contribution in [1.82, 2.24) is 9.80 Å². The van der Waals surface area contributed by atoms with Crippen LogP contribution in [0.3, 0.4) is 0 Å². The second kappa shape index (κ2) is 9.57. The van der Waals surface area contributed by atoms with Crippen molar-refractivity contribution in [3.8, 4) is 0 Å². The van der Waals surface area contributed by atoms with Crippen LogP contribution in [-0.2, 0) is 13.0 Å². The van der Waals surface area contributed by atoms with Gasteiger partial charge in [-0.1, -0.05) is 55.9 Å². The van der Waals surface area contributed by atoms with Crippen molar-refractivity contribution in [3.05, 3.63) is 94.6 Å². The number of nitrogens with zero attached hydrogens (tertiary/aromatic N) is 2. The molecular formula is C28H30F2N2S. The minimum atomic E-state index is -0.186. The van der Waals surface area contributed by atoms with E-state index in [1.807, 2.05) is 18.2 Å². The number of hydrogen-bond donors (Lipinski definition) is 0. The Hall–Kier alpha value is -2.21. The van der Waals surface area contributed by atoms with E-state index in [0.717, 1.165) is 49.6 Å². The summed E-state index contributed by atoms with van der Waals surface area (Å²) in [4.78, 5) is 7.32. The molecule has 3 aromatic rings. The molecule has 1 atom stereocenters. The second-order valence-corrected chi connectivity index (χ2v) is 10.5. The van der Waals surface area contributed by atoms with E-state index >= 15 is 0 Å². The molecule has 2 aliphatic heterocycles. The minimum Gasteiger partial charge on any atom is -0.297 e. The molecule has 0 amide bonds. The summed E-state index contributed by atoms with van der Waals surface area (Å²) < 4.78 is 27.3. The highest BCUT2D eigenvalue weighted by molar-refractivity contribution is 7.99. The summed E-state index contributed by atoms with van der Waals surface area (Å²) in [6.45, 7) is 9.26. The largest absolute Gasteiger partial charge is 0.297 e. The average Bonchev–Trinajstić information content (AvgIpc) is 2.97. The van der Waals surface area contributed by atoms with Crippen LogP contribution in [0.5, 0.6) is 0 Å². The second-order valence-electron chi connectivity index (χ2n) is 9.46. The van der Waals surface area contributed by atoms with Crippen LogP contribution in [0.2, 0.25) is 0 Å². The topological polar surface area (TPSA) is 6.48 Å². The molecule has 5 heteroatoms. The lowest BCUT2D eigenvalue weighted by Gasteiger charge is -2.40. The Morgan fingerprint density at radius 3 is 2.30 bits per heavy atom. The molecule has 0 saturated carbocycles. The highest BCUT2D eigenvalue weighted by Gasteiger charge is 2.30. The van der Waals surface area contributed by atoms with Crippen LogP contribution in [0.15, 0.2) is 70.5 Å². The van der Waals surface area contributed by atoms with E-state index in [2.05, 4.69) is 41.8 Å². The highest BCUT2D eigenvalue weighted by atomic mass is 32.2. The molecule has 0 aromatic heterocycles. The van der Waals surface area contributed by atoms with Crippen molar-refractivity contribution in [1.29, 1.82) is 0 Å². The van der Waals surface area contributed by atoms with E-state index in [1.54, 1.807) is 23.9 Å². The molecule has 2 heterocycles. The number of fused-ring (bicyclic) bond motifs is 2. The molecule has 0 bridgehead atoms. The molecule has 0 N–H and O–H groups in total. The Balaban J connectivity index is 1.39. The standard InChI is InChI=1S/C28H30F2N2S/c1-19(2)21-6-10-27-25(15-21)26(16-22-5-9-24(30)17-28(22)33-27)32-13-11-31(12-14-32)18-20-3-7-23(29)8-4-20/h3-10,15,17,19,26H,11-14,16,18H2,1-2H3/t26-/m1/s1. The number of halogens is 2. The van der Waals surface area contributed by atoms with Crippen LogP contribution in [0, 0.1) is 11.6 Å². The van der Waals surface area contributed by atoms with E-state index < -0.39 is 0 Å². The van der Waals surface area contributed by atoms with Crippen molar-refractivity contribution in [2.24, 2.45) is 0 Å². The summed E-state index contributed by atoms with van der Waals surface area (Å²) in [5.41, 5.74) is 5.10. The summed E-state index contributed by atoms with van der Waals surface area (Å²) in [7, 11) is 0. The van der Waals surface area contributed by atoms with Gasteiger partial charge in [-0.05, 0) is 64.9 Å². The maximum Gasteiger partial charge on any atom is 0.124 e. The summed E-state index contributed by atoms with van der Waals surface area (Å²) in [6.07, 6.45) is 0.898. The maximum atomic E-state index is 14.0. The Labute approximate surface area is 199 Å². The van der Waals surface area contributed by atoms with Crippen LogP contribution in [-0.4, -0.2) is 36.0 Å². The van der Waals surface area contributed by atoms with Crippen molar-refractivity contribution < 1.29 is 8.78 Å². The Morgan fingerprint density at radius 1 is 0.848 bits per heavy atom. The Kier molecular flexibility index (Phi) is 6.55. The molecule has 3 aromatic carbocycles. The van der Waals surface area contributed by atoms with Gasteiger partial charge in [0.2, 0.25) is 0 Å². The molecule has 0 radical (unpaired) electrons. The SMILES string of the molecule is CC(C)c1ccc2c(c1)[C@H](N1CCN(Cc3ccc(F)cc3)CC1)Cc1ccc(F)cc1S2. The minimum absolute atomic E-state index is 0.172. The van der Waals surface area contributed by atoms with Gasteiger partial charge in [-0.25, -0.2) is 8.78 Å². The molecule has 1 fully saturated rings. The van der Waals surface area contributed by atoms with E-state index in [-0.39, 0.29) is 17.7 Å². The molecular weight excluding hydrogens is 434 g/mol. The zero-order valence-corrected chi connectivity index (χ0v) is 20.0. The first kappa shape index (κ1) is 22.6. The van der Waals surface area contributed by atoms with Gasteiger partial charge in [0, 0.05) is 48.6 Å². The summed E-state index contributed by atoms with van der Waals surface area (Å²) in [6, 6.07) is 19.2. The first-order valence-corrected chi connectivity index (χ1v) is 12.6. The third kappa shape index (κ3) is 5.01. The van der Waals surface area contributed by atoms with Gasteiger partial charge in [0.05, 0.1) is 0 Å². The van der Waals surface area contributed by atoms with Crippen LogP contribution in [0.25, 0.3) is 0 Å². The van der Waals surface area contributed by atoms with E-state index in [0.29, 0.717) is 5.92 Å².